The Morgan fingerprint density at radius 3 is 3.00 bits per heavy atom. The van der Waals surface area contributed by atoms with Gasteiger partial charge in [-0.15, -0.1) is 10.2 Å². The van der Waals surface area contributed by atoms with Crippen molar-refractivity contribution in [2.45, 2.75) is 11.3 Å². The highest BCUT2D eigenvalue weighted by molar-refractivity contribution is 9.10. The Hall–Kier alpha value is -1.38. The first-order valence-electron chi connectivity index (χ1n) is 6.41. The molecule has 0 fully saturated rings. The molecular formula is C14H14BrN3O2S2. The van der Waals surface area contributed by atoms with E-state index in [2.05, 4.69) is 31.4 Å². The Labute approximate surface area is 145 Å². The molecule has 1 aromatic carbocycles. The van der Waals surface area contributed by atoms with Crippen LogP contribution in [-0.2, 0) is 4.79 Å². The van der Waals surface area contributed by atoms with Crippen molar-refractivity contribution < 1.29 is 9.53 Å². The van der Waals surface area contributed by atoms with Gasteiger partial charge in [0, 0.05) is 6.08 Å². The lowest BCUT2D eigenvalue weighted by molar-refractivity contribution is -0.111. The van der Waals surface area contributed by atoms with Crippen molar-refractivity contribution in [1.29, 1.82) is 0 Å². The quantitative estimate of drug-likeness (QED) is 0.450. The van der Waals surface area contributed by atoms with Gasteiger partial charge in [-0.25, -0.2) is 0 Å². The largest absolute Gasteiger partial charge is 0.496 e. The summed E-state index contributed by atoms with van der Waals surface area (Å²) in [6.07, 6.45) is 3.19. The van der Waals surface area contributed by atoms with Gasteiger partial charge in [0.15, 0.2) is 4.34 Å². The van der Waals surface area contributed by atoms with Crippen LogP contribution < -0.4 is 10.1 Å². The van der Waals surface area contributed by atoms with Gasteiger partial charge in [-0.2, -0.15) is 0 Å². The van der Waals surface area contributed by atoms with Crippen molar-refractivity contribution in [2.75, 3.05) is 18.2 Å². The first-order valence-corrected chi connectivity index (χ1v) is 9.00. The van der Waals surface area contributed by atoms with Crippen molar-refractivity contribution in [3.8, 4) is 5.75 Å². The average molecular weight is 400 g/mol. The van der Waals surface area contributed by atoms with Crippen molar-refractivity contribution >= 4 is 56.1 Å². The number of methoxy groups -OCH3 is 1. The van der Waals surface area contributed by atoms with E-state index in [1.807, 2.05) is 25.1 Å². The predicted molar refractivity (Wildman–Crippen MR) is 94.7 cm³/mol. The minimum absolute atomic E-state index is 0.240. The second-order valence-corrected chi connectivity index (χ2v) is 7.37. The van der Waals surface area contributed by atoms with Gasteiger partial charge in [0.1, 0.15) is 5.75 Å². The molecule has 0 bridgehead atoms. The van der Waals surface area contributed by atoms with Crippen LogP contribution in [0, 0.1) is 0 Å². The van der Waals surface area contributed by atoms with E-state index in [1.54, 1.807) is 24.9 Å². The van der Waals surface area contributed by atoms with Crippen molar-refractivity contribution in [3.63, 3.8) is 0 Å². The Morgan fingerprint density at radius 2 is 2.32 bits per heavy atom. The molecule has 0 spiro atoms. The second-order valence-electron chi connectivity index (χ2n) is 4.02. The number of aromatic nitrogens is 2. The summed E-state index contributed by atoms with van der Waals surface area (Å²) in [4.78, 5) is 11.9. The van der Waals surface area contributed by atoms with E-state index in [0.29, 0.717) is 5.13 Å². The third kappa shape index (κ3) is 4.82. The summed E-state index contributed by atoms with van der Waals surface area (Å²) in [5, 5.41) is 11.1. The first kappa shape index (κ1) is 17.0. The van der Waals surface area contributed by atoms with E-state index in [1.165, 1.54) is 17.4 Å². The number of rotatable bonds is 6. The van der Waals surface area contributed by atoms with Gasteiger partial charge < -0.3 is 4.74 Å². The molecule has 0 saturated carbocycles. The zero-order valence-electron chi connectivity index (χ0n) is 12.0. The van der Waals surface area contributed by atoms with Crippen LogP contribution in [0.2, 0.25) is 0 Å². The lowest BCUT2D eigenvalue weighted by Gasteiger charge is -2.03. The van der Waals surface area contributed by atoms with Crippen LogP contribution >= 0.6 is 39.0 Å². The number of carbonyl (C=O) groups excluding carboxylic acids is 1. The maximum atomic E-state index is 11.9. The lowest BCUT2D eigenvalue weighted by Crippen LogP contribution is -2.07. The summed E-state index contributed by atoms with van der Waals surface area (Å²) in [7, 11) is 1.61. The zero-order chi connectivity index (χ0) is 15.9. The van der Waals surface area contributed by atoms with Crippen LogP contribution in [0.5, 0.6) is 5.75 Å². The molecule has 22 heavy (non-hydrogen) atoms. The number of hydrogen-bond donors (Lipinski definition) is 1. The fourth-order valence-corrected chi connectivity index (χ4v) is 3.76. The molecule has 2 rings (SSSR count). The van der Waals surface area contributed by atoms with E-state index in [4.69, 9.17) is 4.74 Å². The molecule has 1 aromatic heterocycles. The smallest absolute Gasteiger partial charge is 0.250 e. The summed E-state index contributed by atoms with van der Waals surface area (Å²) in [5.74, 6) is 1.43. The number of nitrogens with zero attached hydrogens (tertiary/aromatic N) is 2. The minimum Gasteiger partial charge on any atom is -0.496 e. The molecule has 1 heterocycles. The van der Waals surface area contributed by atoms with Crippen molar-refractivity contribution in [2.24, 2.45) is 0 Å². The molecule has 2 aromatic rings. The molecule has 5 nitrogen and oxygen atoms in total. The summed E-state index contributed by atoms with van der Waals surface area (Å²) < 4.78 is 6.84. The van der Waals surface area contributed by atoms with E-state index >= 15 is 0 Å². The topological polar surface area (TPSA) is 64.1 Å². The Morgan fingerprint density at radius 1 is 1.50 bits per heavy atom. The van der Waals surface area contributed by atoms with Crippen LogP contribution in [0.3, 0.4) is 0 Å². The van der Waals surface area contributed by atoms with Crippen LogP contribution in [-0.4, -0.2) is 29.0 Å². The van der Waals surface area contributed by atoms with E-state index in [9.17, 15) is 4.79 Å². The van der Waals surface area contributed by atoms with Gasteiger partial charge in [-0.1, -0.05) is 36.1 Å². The first-order chi connectivity index (χ1) is 10.6. The Bertz CT molecular complexity index is 688. The van der Waals surface area contributed by atoms with Gasteiger partial charge in [-0.05, 0) is 45.5 Å². The molecule has 1 amide bonds. The highest BCUT2D eigenvalue weighted by atomic mass is 79.9. The van der Waals surface area contributed by atoms with Crippen molar-refractivity contribution in [3.05, 3.63) is 34.3 Å². The number of nitrogens with one attached hydrogen (secondary N) is 1. The Balaban J connectivity index is 1.97. The molecule has 0 unspecified atom stereocenters. The zero-order valence-corrected chi connectivity index (χ0v) is 15.2. The highest BCUT2D eigenvalue weighted by Crippen LogP contribution is 2.26. The molecule has 0 aliphatic heterocycles. The number of amides is 1. The van der Waals surface area contributed by atoms with Gasteiger partial charge in [0.25, 0.3) is 0 Å². The molecular weight excluding hydrogens is 386 g/mol. The summed E-state index contributed by atoms with van der Waals surface area (Å²) >= 11 is 6.37. The summed E-state index contributed by atoms with van der Waals surface area (Å²) in [6, 6.07) is 5.58. The molecule has 8 heteroatoms. The summed E-state index contributed by atoms with van der Waals surface area (Å²) in [5.41, 5.74) is 0.891. The number of thioether (sulfide) groups is 1. The Kier molecular flexibility index (Phi) is 6.41. The highest BCUT2D eigenvalue weighted by Gasteiger charge is 2.06. The average Bonchev–Trinajstić information content (AvgIpc) is 2.93. The van der Waals surface area contributed by atoms with Gasteiger partial charge in [-0.3, -0.25) is 10.1 Å². The number of halogens is 1. The maximum absolute atomic E-state index is 11.9. The molecule has 0 aliphatic rings. The monoisotopic (exact) mass is 399 g/mol. The van der Waals surface area contributed by atoms with Crippen molar-refractivity contribution in [1.82, 2.24) is 10.2 Å². The van der Waals surface area contributed by atoms with Crippen LogP contribution in [0.15, 0.2) is 33.1 Å². The number of anilines is 1. The van der Waals surface area contributed by atoms with Crippen LogP contribution in [0.25, 0.3) is 6.08 Å². The van der Waals surface area contributed by atoms with E-state index < -0.39 is 0 Å². The molecule has 0 radical (unpaired) electrons. The van der Waals surface area contributed by atoms with E-state index in [-0.39, 0.29) is 5.91 Å². The molecule has 0 aliphatic carbocycles. The van der Waals surface area contributed by atoms with Gasteiger partial charge in [0.05, 0.1) is 11.6 Å². The molecule has 0 atom stereocenters. The molecule has 116 valence electrons. The van der Waals surface area contributed by atoms with Crippen LogP contribution in [0.4, 0.5) is 5.13 Å². The fraction of sp³-hybridized carbons (Fsp3) is 0.214. The normalized spacial score (nSPS) is 10.9. The van der Waals surface area contributed by atoms with Gasteiger partial charge >= 0.3 is 0 Å². The number of hydrogen-bond acceptors (Lipinski definition) is 6. The molecule has 0 saturated heterocycles. The number of benzene rings is 1. The maximum Gasteiger partial charge on any atom is 0.250 e. The predicted octanol–water partition coefficient (Wildman–Crippen LogP) is 4.07. The second kappa shape index (κ2) is 8.30. The standard InChI is InChI=1S/C14H14BrN3O2S2/c1-3-21-14-18-17-13(22-14)16-12(19)7-5-9-4-6-11(20-2)10(15)8-9/h4-8H,3H2,1-2H3,(H,16,17,19)/b7-5+. The van der Waals surface area contributed by atoms with E-state index in [0.717, 1.165) is 25.9 Å². The SMILES string of the molecule is CCSc1nnc(NC(=O)/C=C/c2ccc(OC)c(Br)c2)s1. The third-order valence-corrected chi connectivity index (χ3v) is 4.98. The van der Waals surface area contributed by atoms with Crippen LogP contribution in [0.1, 0.15) is 12.5 Å². The summed E-state index contributed by atoms with van der Waals surface area (Å²) in [6.45, 7) is 2.04. The molecule has 1 N–H and O–H groups in total. The number of carbonyl (C=O) groups is 1. The number of ether oxygens (including phenoxy) is 1. The van der Waals surface area contributed by atoms with Gasteiger partial charge in [0.2, 0.25) is 11.0 Å². The lowest BCUT2D eigenvalue weighted by atomic mass is 10.2. The third-order valence-electron chi connectivity index (χ3n) is 2.51. The minimum atomic E-state index is -0.240. The fourth-order valence-electron chi connectivity index (χ4n) is 1.55.